The van der Waals surface area contributed by atoms with Crippen LogP contribution < -0.4 is 10.9 Å². The van der Waals surface area contributed by atoms with Gasteiger partial charge < -0.3 is 20.2 Å². The first kappa shape index (κ1) is 28.0. The van der Waals surface area contributed by atoms with Crippen LogP contribution in [0.5, 0.6) is 0 Å². The zero-order valence-electron chi connectivity index (χ0n) is 22.0. The van der Waals surface area contributed by atoms with Gasteiger partial charge in [0.25, 0.3) is 0 Å². The molecule has 0 radical (unpaired) electrons. The zero-order valence-corrected chi connectivity index (χ0v) is 22.0. The second-order valence-electron chi connectivity index (χ2n) is 9.49. The van der Waals surface area contributed by atoms with Crippen molar-refractivity contribution in [3.63, 3.8) is 0 Å². The van der Waals surface area contributed by atoms with E-state index in [-0.39, 0.29) is 17.3 Å². The second-order valence-corrected chi connectivity index (χ2v) is 9.49. The molecule has 1 aromatic heterocycles. The Morgan fingerprint density at radius 1 is 0.975 bits per heavy atom. The summed E-state index contributed by atoms with van der Waals surface area (Å²) in [6.45, 7) is 1.83. The standard InChI is InChI=1S/C31H28FN3O5/c1-19-15-24(32)10-13-26(19)27(16-28(34-40)23-9-14-30(37)35(2)18-23)22-5-3-20(4-6-22)21-7-11-25(12-8-21)33-29(36)17-31(38)39/h3-15,18,27,40H,16-17H2,1-2H3,(H,33,36)(H,38,39). The molecule has 1 amide bonds. The van der Waals surface area contributed by atoms with Crippen LogP contribution >= 0.6 is 0 Å². The highest BCUT2D eigenvalue weighted by Crippen LogP contribution is 2.34. The van der Waals surface area contributed by atoms with Crippen molar-refractivity contribution in [2.24, 2.45) is 12.2 Å². The van der Waals surface area contributed by atoms with Crippen molar-refractivity contribution in [1.29, 1.82) is 0 Å². The van der Waals surface area contributed by atoms with Crippen LogP contribution in [0.25, 0.3) is 11.1 Å². The van der Waals surface area contributed by atoms with Gasteiger partial charge in [0, 0.05) is 42.9 Å². The second kappa shape index (κ2) is 12.2. The molecule has 8 nitrogen and oxygen atoms in total. The predicted octanol–water partition coefficient (Wildman–Crippen LogP) is 5.31. The number of anilines is 1. The first-order chi connectivity index (χ1) is 19.1. The molecule has 0 spiro atoms. The maximum Gasteiger partial charge on any atom is 0.312 e. The first-order valence-electron chi connectivity index (χ1n) is 12.5. The lowest BCUT2D eigenvalue weighted by Crippen LogP contribution is -2.18. The van der Waals surface area contributed by atoms with Gasteiger partial charge in [0.05, 0.1) is 5.71 Å². The summed E-state index contributed by atoms with van der Waals surface area (Å²) in [6, 6.07) is 22.5. The Balaban J connectivity index is 1.63. The monoisotopic (exact) mass is 541 g/mol. The average molecular weight is 542 g/mol. The molecule has 4 rings (SSSR count). The molecule has 204 valence electrons. The summed E-state index contributed by atoms with van der Waals surface area (Å²) in [6.07, 6.45) is 1.30. The van der Waals surface area contributed by atoms with E-state index in [9.17, 15) is 24.0 Å². The van der Waals surface area contributed by atoms with Crippen LogP contribution in [0.2, 0.25) is 0 Å². The summed E-state index contributed by atoms with van der Waals surface area (Å²) >= 11 is 0. The van der Waals surface area contributed by atoms with Crippen LogP contribution in [0.15, 0.2) is 95.0 Å². The van der Waals surface area contributed by atoms with Crippen molar-refractivity contribution in [1.82, 2.24) is 4.57 Å². The molecule has 40 heavy (non-hydrogen) atoms. The van der Waals surface area contributed by atoms with Crippen molar-refractivity contribution < 1.29 is 24.3 Å². The molecule has 4 aromatic rings. The molecule has 0 fully saturated rings. The topological polar surface area (TPSA) is 121 Å². The number of oxime groups is 1. The largest absolute Gasteiger partial charge is 0.481 e. The zero-order chi connectivity index (χ0) is 28.8. The van der Waals surface area contributed by atoms with Gasteiger partial charge in [-0.25, -0.2) is 4.39 Å². The number of carboxylic acid groups (broad SMARTS) is 1. The molecular weight excluding hydrogens is 513 g/mol. The van der Waals surface area contributed by atoms with Crippen molar-refractivity contribution >= 4 is 23.3 Å². The predicted molar refractivity (Wildman–Crippen MR) is 150 cm³/mol. The van der Waals surface area contributed by atoms with Crippen LogP contribution in [0, 0.1) is 12.7 Å². The summed E-state index contributed by atoms with van der Waals surface area (Å²) < 4.78 is 15.4. The fourth-order valence-electron chi connectivity index (χ4n) is 4.61. The normalized spacial score (nSPS) is 12.1. The van der Waals surface area contributed by atoms with Crippen LogP contribution in [0.3, 0.4) is 0 Å². The van der Waals surface area contributed by atoms with Gasteiger partial charge in [-0.05, 0) is 65.1 Å². The molecule has 0 saturated carbocycles. The third kappa shape index (κ3) is 6.68. The minimum atomic E-state index is -1.20. The van der Waals surface area contributed by atoms with Gasteiger partial charge in [-0.1, -0.05) is 47.6 Å². The summed E-state index contributed by atoms with van der Waals surface area (Å²) in [7, 11) is 1.62. The quantitative estimate of drug-likeness (QED) is 0.115. The maximum absolute atomic E-state index is 13.9. The molecular formula is C31H28FN3O5. The molecule has 9 heteroatoms. The summed E-state index contributed by atoms with van der Waals surface area (Å²) in [5.41, 5.74) is 5.65. The molecule has 0 bridgehead atoms. The SMILES string of the molecule is Cc1cc(F)ccc1C(CC(=NO)c1ccc(=O)n(C)c1)c1ccc(-c2ccc(NC(=O)CC(=O)O)cc2)cc1. The Bertz CT molecular complexity index is 1630. The van der Waals surface area contributed by atoms with E-state index in [1.165, 1.54) is 22.8 Å². The van der Waals surface area contributed by atoms with E-state index in [2.05, 4.69) is 10.5 Å². The van der Waals surface area contributed by atoms with E-state index in [0.717, 1.165) is 27.8 Å². The van der Waals surface area contributed by atoms with E-state index in [0.29, 0.717) is 23.4 Å². The van der Waals surface area contributed by atoms with Gasteiger partial charge in [-0.15, -0.1) is 0 Å². The number of carbonyl (C=O) groups excluding carboxylic acids is 1. The minimum Gasteiger partial charge on any atom is -0.481 e. The number of pyridine rings is 1. The third-order valence-electron chi connectivity index (χ3n) is 6.67. The van der Waals surface area contributed by atoms with Crippen molar-refractivity contribution in [3.05, 3.63) is 123 Å². The maximum atomic E-state index is 13.9. The van der Waals surface area contributed by atoms with Gasteiger partial charge in [-0.2, -0.15) is 0 Å². The molecule has 1 unspecified atom stereocenters. The van der Waals surface area contributed by atoms with Gasteiger partial charge in [0.1, 0.15) is 12.2 Å². The summed E-state index contributed by atoms with van der Waals surface area (Å²) in [4.78, 5) is 34.3. The van der Waals surface area contributed by atoms with Crippen LogP contribution in [0.1, 0.15) is 41.0 Å². The lowest BCUT2D eigenvalue weighted by Gasteiger charge is -2.21. The highest BCUT2D eigenvalue weighted by atomic mass is 19.1. The number of aromatic nitrogens is 1. The number of hydrogen-bond donors (Lipinski definition) is 3. The molecule has 1 heterocycles. The number of rotatable bonds is 9. The van der Waals surface area contributed by atoms with Crippen LogP contribution in [-0.2, 0) is 16.6 Å². The van der Waals surface area contributed by atoms with Crippen molar-refractivity contribution in [3.8, 4) is 11.1 Å². The Morgan fingerprint density at radius 2 is 1.62 bits per heavy atom. The number of nitrogens with zero attached hydrogens (tertiary/aromatic N) is 2. The number of benzene rings is 3. The molecule has 3 N–H and O–H groups in total. The fourth-order valence-corrected chi connectivity index (χ4v) is 4.61. The van der Waals surface area contributed by atoms with Crippen molar-refractivity contribution in [2.45, 2.75) is 25.7 Å². The van der Waals surface area contributed by atoms with Crippen LogP contribution in [0.4, 0.5) is 10.1 Å². The Labute approximate surface area is 230 Å². The molecule has 1 atom stereocenters. The summed E-state index contributed by atoms with van der Waals surface area (Å²) in [5, 5.41) is 24.7. The number of halogens is 1. The molecule has 0 aliphatic carbocycles. The minimum absolute atomic E-state index is 0.182. The fraction of sp³-hybridized carbons (Fsp3) is 0.161. The van der Waals surface area contributed by atoms with Gasteiger partial charge in [0.2, 0.25) is 11.5 Å². The highest BCUT2D eigenvalue weighted by molar-refractivity contribution is 6.01. The molecule has 0 saturated heterocycles. The van der Waals surface area contributed by atoms with Crippen molar-refractivity contribution in [2.75, 3.05) is 5.32 Å². The smallest absolute Gasteiger partial charge is 0.312 e. The van der Waals surface area contributed by atoms with E-state index >= 15 is 0 Å². The van der Waals surface area contributed by atoms with E-state index in [1.807, 2.05) is 43.3 Å². The number of aryl methyl sites for hydroxylation is 2. The molecule has 3 aromatic carbocycles. The Hall–Kier alpha value is -5.05. The van der Waals surface area contributed by atoms with Gasteiger partial charge in [-0.3, -0.25) is 14.4 Å². The highest BCUT2D eigenvalue weighted by Gasteiger charge is 2.21. The third-order valence-corrected chi connectivity index (χ3v) is 6.67. The van der Waals surface area contributed by atoms with Gasteiger partial charge in [0.15, 0.2) is 0 Å². The molecule has 0 aliphatic rings. The van der Waals surface area contributed by atoms with Gasteiger partial charge >= 0.3 is 5.97 Å². The number of hydrogen-bond acceptors (Lipinski definition) is 5. The lowest BCUT2D eigenvalue weighted by molar-refractivity contribution is -0.139. The Kier molecular flexibility index (Phi) is 8.54. The molecule has 0 aliphatic heterocycles. The Morgan fingerprint density at radius 3 is 2.20 bits per heavy atom. The number of aliphatic carboxylic acids is 1. The van der Waals surface area contributed by atoms with E-state index in [4.69, 9.17) is 5.11 Å². The number of nitrogens with one attached hydrogen (secondary N) is 1. The van der Waals surface area contributed by atoms with Crippen LogP contribution in [-0.4, -0.2) is 32.5 Å². The number of carbonyl (C=O) groups is 2. The lowest BCUT2D eigenvalue weighted by atomic mass is 9.83. The van der Waals surface area contributed by atoms with E-state index in [1.54, 1.807) is 37.5 Å². The summed E-state index contributed by atoms with van der Waals surface area (Å²) in [5.74, 6) is -2.41. The first-order valence-corrected chi connectivity index (χ1v) is 12.5. The number of amides is 1. The number of carboxylic acids is 1. The average Bonchev–Trinajstić information content (AvgIpc) is 2.92. The van der Waals surface area contributed by atoms with E-state index < -0.39 is 18.3 Å².